The van der Waals surface area contributed by atoms with Crippen LogP contribution in [0.25, 0.3) is 21.8 Å². The van der Waals surface area contributed by atoms with Crippen molar-refractivity contribution in [3.05, 3.63) is 65.1 Å². The maximum atomic E-state index is 14.7. The van der Waals surface area contributed by atoms with Crippen molar-refractivity contribution in [3.63, 3.8) is 0 Å². The highest BCUT2D eigenvalue weighted by molar-refractivity contribution is 6.10. The third kappa shape index (κ3) is 4.33. The monoisotopic (exact) mass is 502 g/mol. The lowest BCUT2D eigenvalue weighted by atomic mass is 10.1. The highest BCUT2D eigenvalue weighted by Crippen LogP contribution is 2.31. The van der Waals surface area contributed by atoms with Crippen molar-refractivity contribution < 1.29 is 27.1 Å². The average molecular weight is 502 g/mol. The van der Waals surface area contributed by atoms with Gasteiger partial charge in [0.2, 0.25) is 0 Å². The molecule has 2 N–H and O–H groups in total. The molecule has 12 heteroatoms. The fourth-order valence-corrected chi connectivity index (χ4v) is 4.35. The number of carbonyl (C=O) groups is 1. The van der Waals surface area contributed by atoms with Gasteiger partial charge in [0.15, 0.2) is 0 Å². The molecule has 0 bridgehead atoms. The summed E-state index contributed by atoms with van der Waals surface area (Å²) in [4.78, 5) is 18.1. The molecule has 1 fully saturated rings. The second-order valence-electron chi connectivity index (χ2n) is 8.49. The minimum Gasteiger partial charge on any atom is -0.383 e. The lowest BCUT2D eigenvalue weighted by Gasteiger charge is -2.37. The molecule has 0 spiro atoms. The van der Waals surface area contributed by atoms with E-state index >= 15 is 0 Å². The number of alkyl halides is 3. The van der Waals surface area contributed by atoms with Crippen molar-refractivity contribution in [1.82, 2.24) is 24.8 Å². The quantitative estimate of drug-likeness (QED) is 0.428. The fourth-order valence-electron chi connectivity index (χ4n) is 4.35. The maximum absolute atomic E-state index is 14.7. The van der Waals surface area contributed by atoms with Crippen LogP contribution >= 0.6 is 0 Å². The summed E-state index contributed by atoms with van der Waals surface area (Å²) in [5.41, 5.74) is 6.51. The average Bonchev–Trinajstić information content (AvgIpc) is 3.25. The predicted molar refractivity (Wildman–Crippen MR) is 124 cm³/mol. The number of rotatable bonds is 4. The number of amides is 1. The van der Waals surface area contributed by atoms with E-state index in [1.807, 2.05) is 0 Å². The van der Waals surface area contributed by atoms with E-state index in [4.69, 9.17) is 10.5 Å². The zero-order chi connectivity index (χ0) is 25.6. The molecular weight excluding hydrogens is 480 g/mol. The molecule has 0 unspecified atom stereocenters. The van der Waals surface area contributed by atoms with E-state index in [0.29, 0.717) is 65.6 Å². The zero-order valence-electron chi connectivity index (χ0n) is 19.2. The molecule has 0 aliphatic carbocycles. The number of pyridine rings is 1. The number of carbonyl (C=O) groups excluding carboxylic acids is 1. The number of aryl methyl sites for hydroxylation is 1. The minimum atomic E-state index is -4.67. The Hall–Kier alpha value is -3.77. The van der Waals surface area contributed by atoms with Crippen molar-refractivity contribution in [2.75, 3.05) is 32.0 Å². The second kappa shape index (κ2) is 9.03. The number of anilines is 1. The van der Waals surface area contributed by atoms with Gasteiger partial charge in [0, 0.05) is 36.7 Å². The number of hydrogen-bond donors (Lipinski definition) is 1. The van der Waals surface area contributed by atoms with E-state index < -0.39 is 23.5 Å². The number of morpholine rings is 1. The highest BCUT2D eigenvalue weighted by Gasteiger charge is 2.32. The van der Waals surface area contributed by atoms with Crippen LogP contribution in [0.1, 0.15) is 21.5 Å². The van der Waals surface area contributed by atoms with Crippen molar-refractivity contribution in [3.8, 4) is 0 Å². The van der Waals surface area contributed by atoms with Gasteiger partial charge in [-0.15, -0.1) is 0 Å². The first-order chi connectivity index (χ1) is 17.1. The predicted octanol–water partition coefficient (Wildman–Crippen LogP) is 3.75. The third-order valence-corrected chi connectivity index (χ3v) is 6.22. The molecular formula is C24H22F4N6O2. The molecule has 3 heterocycles. The number of fused-ring (bicyclic) bond motifs is 3. The van der Waals surface area contributed by atoms with E-state index in [1.54, 1.807) is 41.1 Å². The fraction of sp³-hybridized carbons (Fsp3) is 0.292. The van der Waals surface area contributed by atoms with E-state index in [0.717, 1.165) is 12.1 Å². The van der Waals surface area contributed by atoms with Gasteiger partial charge in [-0.1, -0.05) is 6.07 Å². The van der Waals surface area contributed by atoms with Crippen molar-refractivity contribution in [2.45, 2.75) is 12.7 Å². The molecule has 2 aromatic carbocycles. The van der Waals surface area contributed by atoms with Crippen LogP contribution in [0.3, 0.4) is 0 Å². The van der Waals surface area contributed by atoms with Crippen molar-refractivity contribution in [2.24, 2.45) is 7.05 Å². The molecule has 36 heavy (non-hydrogen) atoms. The molecule has 1 aliphatic rings. The number of nitrogen functional groups attached to an aromatic ring is 1. The summed E-state index contributed by atoms with van der Waals surface area (Å²) in [6.07, 6.45) is -3.07. The minimum absolute atomic E-state index is 0.0351. The number of hydrazine groups is 1. The molecule has 4 aromatic rings. The van der Waals surface area contributed by atoms with Gasteiger partial charge in [-0.3, -0.25) is 14.5 Å². The highest BCUT2D eigenvalue weighted by atomic mass is 19.4. The molecule has 8 nitrogen and oxygen atoms in total. The Labute approximate surface area is 202 Å². The summed E-state index contributed by atoms with van der Waals surface area (Å²) in [7, 11) is 1.75. The Morgan fingerprint density at radius 3 is 2.58 bits per heavy atom. The summed E-state index contributed by atoms with van der Waals surface area (Å²) in [5, 5.41) is 8.61. The molecule has 0 atom stereocenters. The largest absolute Gasteiger partial charge is 0.416 e. The van der Waals surface area contributed by atoms with E-state index in [1.165, 1.54) is 5.01 Å². The molecule has 5 rings (SSSR count). The third-order valence-electron chi connectivity index (χ3n) is 6.22. The van der Waals surface area contributed by atoms with Crippen LogP contribution in [0.15, 0.2) is 42.6 Å². The van der Waals surface area contributed by atoms with Crippen molar-refractivity contribution >= 4 is 33.5 Å². The van der Waals surface area contributed by atoms with Gasteiger partial charge in [-0.2, -0.15) is 18.3 Å². The molecule has 0 radical (unpaired) electrons. The topological polar surface area (TPSA) is 89.5 Å². The van der Waals surface area contributed by atoms with Crippen LogP contribution in [0, 0.1) is 5.82 Å². The number of ether oxygens (including phenoxy) is 1. The SMILES string of the molecule is Cn1ncc2c(N)nc3ccc(C(=O)N(Cc4ccc(C(F)(F)F)cc4F)N4CCOCC4)cc3c21. The zero-order valence-corrected chi connectivity index (χ0v) is 19.2. The van der Waals surface area contributed by atoms with Gasteiger partial charge in [-0.05, 0) is 30.3 Å². The first-order valence-corrected chi connectivity index (χ1v) is 11.1. The molecule has 1 aliphatic heterocycles. The smallest absolute Gasteiger partial charge is 0.383 e. The van der Waals surface area contributed by atoms with Gasteiger partial charge in [0.1, 0.15) is 11.6 Å². The maximum Gasteiger partial charge on any atom is 0.416 e. The van der Waals surface area contributed by atoms with Crippen LogP contribution in [0.5, 0.6) is 0 Å². The van der Waals surface area contributed by atoms with Gasteiger partial charge in [0.05, 0.1) is 47.9 Å². The number of hydrogen-bond acceptors (Lipinski definition) is 6. The lowest BCUT2D eigenvalue weighted by molar-refractivity contribution is -0.137. The van der Waals surface area contributed by atoms with E-state index in [2.05, 4.69) is 10.1 Å². The standard InChI is InChI=1S/C24H22F4N6O2/c1-32-21-17-10-14(3-5-20(17)31-22(29)18(21)12-30-32)23(35)34(33-6-8-36-9-7-33)13-15-2-4-16(11-19(15)25)24(26,27)28/h2-5,10-12H,6-9,13H2,1H3,(H2,29,31). The second-order valence-corrected chi connectivity index (χ2v) is 8.49. The Morgan fingerprint density at radius 2 is 1.89 bits per heavy atom. The number of nitrogens with two attached hydrogens (primary N) is 1. The van der Waals surface area contributed by atoms with Crippen LogP contribution < -0.4 is 5.73 Å². The lowest BCUT2D eigenvalue weighted by Crippen LogP contribution is -2.51. The Kier molecular flexibility index (Phi) is 6.00. The van der Waals surface area contributed by atoms with Gasteiger partial charge < -0.3 is 10.5 Å². The summed E-state index contributed by atoms with van der Waals surface area (Å²) >= 11 is 0. The number of nitrogens with zero attached hydrogens (tertiary/aromatic N) is 5. The number of benzene rings is 2. The van der Waals surface area contributed by atoms with Crippen LogP contribution in [-0.4, -0.2) is 57.0 Å². The molecule has 1 saturated heterocycles. The van der Waals surface area contributed by atoms with E-state index in [9.17, 15) is 22.4 Å². The number of aromatic nitrogens is 3. The molecule has 1 amide bonds. The van der Waals surface area contributed by atoms with Crippen LogP contribution in [0.4, 0.5) is 23.4 Å². The Morgan fingerprint density at radius 1 is 1.14 bits per heavy atom. The summed E-state index contributed by atoms with van der Waals surface area (Å²) in [5.74, 6) is -1.16. The summed E-state index contributed by atoms with van der Waals surface area (Å²) in [6, 6.07) is 7.25. The van der Waals surface area contributed by atoms with Gasteiger partial charge in [-0.25, -0.2) is 14.4 Å². The Balaban J connectivity index is 1.54. The first-order valence-electron chi connectivity index (χ1n) is 11.1. The van der Waals surface area contributed by atoms with Gasteiger partial charge >= 0.3 is 6.18 Å². The molecule has 2 aromatic heterocycles. The normalized spacial score (nSPS) is 15.0. The van der Waals surface area contributed by atoms with Crippen LogP contribution in [-0.2, 0) is 24.5 Å². The van der Waals surface area contributed by atoms with Gasteiger partial charge in [0.25, 0.3) is 5.91 Å². The van der Waals surface area contributed by atoms with Crippen molar-refractivity contribution in [1.29, 1.82) is 0 Å². The van der Waals surface area contributed by atoms with E-state index in [-0.39, 0.29) is 12.1 Å². The molecule has 188 valence electrons. The summed E-state index contributed by atoms with van der Waals surface area (Å²) < 4.78 is 60.7. The first kappa shape index (κ1) is 23.9. The number of halogens is 4. The molecule has 0 saturated carbocycles. The summed E-state index contributed by atoms with van der Waals surface area (Å²) in [6.45, 7) is 1.20. The Bertz CT molecular complexity index is 1460. The van der Waals surface area contributed by atoms with Crippen LogP contribution in [0.2, 0.25) is 0 Å².